The molecule has 35 heavy (non-hydrogen) atoms. The molecule has 3 N–H and O–H groups in total. The predicted octanol–water partition coefficient (Wildman–Crippen LogP) is 3.37. The summed E-state index contributed by atoms with van der Waals surface area (Å²) < 4.78 is 4.88. The molecule has 0 radical (unpaired) electrons. The van der Waals surface area contributed by atoms with Crippen molar-refractivity contribution in [3.63, 3.8) is 0 Å². The third-order valence-corrected chi connectivity index (χ3v) is 6.77. The number of anilines is 2. The molecule has 0 atom stereocenters. The Morgan fingerprint density at radius 3 is 2.51 bits per heavy atom. The summed E-state index contributed by atoms with van der Waals surface area (Å²) >= 11 is 0. The van der Waals surface area contributed by atoms with Crippen LogP contribution in [-0.4, -0.2) is 75.2 Å². The van der Waals surface area contributed by atoms with Crippen LogP contribution in [0.1, 0.15) is 24.8 Å². The molecule has 0 aromatic heterocycles. The molecule has 0 unspecified atom stereocenters. The van der Waals surface area contributed by atoms with E-state index < -0.39 is 6.09 Å². The van der Waals surface area contributed by atoms with Gasteiger partial charge in [-0.2, -0.15) is 0 Å². The summed E-state index contributed by atoms with van der Waals surface area (Å²) in [5, 5.41) is 2.90. The Morgan fingerprint density at radius 2 is 1.83 bits per heavy atom. The highest BCUT2D eigenvalue weighted by Gasteiger charge is 2.33. The van der Waals surface area contributed by atoms with Crippen LogP contribution in [0.5, 0.6) is 0 Å². The van der Waals surface area contributed by atoms with Gasteiger partial charge < -0.3 is 25.2 Å². The highest BCUT2D eigenvalue weighted by atomic mass is 16.5. The lowest BCUT2D eigenvalue weighted by Crippen LogP contribution is -2.44. The van der Waals surface area contributed by atoms with Crippen molar-refractivity contribution in [2.75, 3.05) is 63.6 Å². The molecule has 2 fully saturated rings. The number of likely N-dealkylation sites (N-methyl/N-ethyl adjacent to an activating group) is 1. The van der Waals surface area contributed by atoms with Crippen molar-refractivity contribution < 1.29 is 14.3 Å². The Balaban J connectivity index is 1.57. The number of nitrogens with two attached hydrogens (primary N) is 1. The van der Waals surface area contributed by atoms with E-state index in [4.69, 9.17) is 10.5 Å². The molecular weight excluding hydrogens is 442 g/mol. The maximum atomic E-state index is 12.8. The predicted molar refractivity (Wildman–Crippen MR) is 139 cm³/mol. The molecule has 2 aromatic carbocycles. The van der Waals surface area contributed by atoms with Gasteiger partial charge in [0.1, 0.15) is 0 Å². The van der Waals surface area contributed by atoms with Gasteiger partial charge in [0, 0.05) is 45.2 Å². The number of nitrogens with one attached hydrogen (secondary N) is 1. The fourth-order valence-corrected chi connectivity index (χ4v) is 4.51. The van der Waals surface area contributed by atoms with E-state index in [2.05, 4.69) is 52.5 Å². The van der Waals surface area contributed by atoms with Crippen molar-refractivity contribution in [3.8, 4) is 11.1 Å². The van der Waals surface area contributed by atoms with Crippen LogP contribution in [-0.2, 0) is 16.1 Å². The molecule has 0 spiro atoms. The number of hydrogen-bond donors (Lipinski definition) is 2. The average molecular weight is 480 g/mol. The number of hydrogen-bond acceptors (Lipinski definition) is 6. The average Bonchev–Trinajstić information content (AvgIpc) is 3.72. The highest BCUT2D eigenvalue weighted by molar-refractivity contribution is 5.91. The lowest BCUT2D eigenvalue weighted by Gasteiger charge is -2.35. The maximum Gasteiger partial charge on any atom is 0.411 e. The van der Waals surface area contributed by atoms with E-state index in [-0.39, 0.29) is 11.8 Å². The van der Waals surface area contributed by atoms with Gasteiger partial charge in [-0.05, 0) is 67.7 Å². The van der Waals surface area contributed by atoms with E-state index in [1.807, 2.05) is 17.0 Å². The van der Waals surface area contributed by atoms with E-state index in [0.717, 1.165) is 73.5 Å². The number of methoxy groups -OCH3 is 1. The van der Waals surface area contributed by atoms with E-state index in [1.54, 1.807) is 0 Å². The van der Waals surface area contributed by atoms with Gasteiger partial charge in [-0.15, -0.1) is 0 Å². The Bertz CT molecular complexity index is 1030. The van der Waals surface area contributed by atoms with Crippen LogP contribution >= 0.6 is 0 Å². The van der Waals surface area contributed by atoms with Crippen LogP contribution in [0.4, 0.5) is 16.2 Å². The minimum atomic E-state index is -0.486. The van der Waals surface area contributed by atoms with Gasteiger partial charge in [0.15, 0.2) is 0 Å². The second-order valence-corrected chi connectivity index (χ2v) is 9.52. The highest BCUT2D eigenvalue weighted by Crippen LogP contribution is 2.34. The molecule has 2 amide bonds. The molecule has 0 bridgehead atoms. The zero-order chi connectivity index (χ0) is 24.8. The van der Waals surface area contributed by atoms with Gasteiger partial charge in [-0.25, -0.2) is 4.79 Å². The maximum absolute atomic E-state index is 12.8. The standard InChI is InChI=1S/C27H37N5O3/c1-30-13-15-31(16-14-30)25-10-9-23(18-24(25)29-27(34)35-2)22-6-3-5-20(17-22)19-32(12-4-11-28)26(33)21-7-8-21/h3,5-6,9-10,17-18,21H,4,7-8,11-16,19,28H2,1-2H3,(H,29,34). The van der Waals surface area contributed by atoms with Crippen molar-refractivity contribution in [2.45, 2.75) is 25.8 Å². The number of amides is 2. The summed E-state index contributed by atoms with van der Waals surface area (Å²) in [5.74, 6) is 0.426. The number of rotatable bonds is 9. The van der Waals surface area contributed by atoms with Gasteiger partial charge in [0.25, 0.3) is 0 Å². The van der Waals surface area contributed by atoms with Gasteiger partial charge in [-0.3, -0.25) is 10.1 Å². The second-order valence-electron chi connectivity index (χ2n) is 9.52. The van der Waals surface area contributed by atoms with Crippen molar-refractivity contribution in [1.82, 2.24) is 9.80 Å². The second kappa shape index (κ2) is 11.6. The normalized spacial score (nSPS) is 16.1. The summed E-state index contributed by atoms with van der Waals surface area (Å²) in [4.78, 5) is 31.4. The first-order chi connectivity index (χ1) is 17.0. The molecule has 2 aliphatic rings. The minimum absolute atomic E-state index is 0.185. The molecule has 188 valence electrons. The van der Waals surface area contributed by atoms with Gasteiger partial charge in [-0.1, -0.05) is 24.3 Å². The Labute approximate surface area is 208 Å². The van der Waals surface area contributed by atoms with E-state index in [0.29, 0.717) is 19.6 Å². The smallest absolute Gasteiger partial charge is 0.411 e. The van der Waals surface area contributed by atoms with Crippen LogP contribution in [0.25, 0.3) is 11.1 Å². The van der Waals surface area contributed by atoms with Gasteiger partial charge in [0.05, 0.1) is 18.5 Å². The Morgan fingerprint density at radius 1 is 1.09 bits per heavy atom. The first kappa shape index (κ1) is 25.0. The Hall–Kier alpha value is -3.10. The molecule has 2 aromatic rings. The number of carbonyl (C=O) groups excluding carboxylic acids is 2. The first-order valence-corrected chi connectivity index (χ1v) is 12.5. The van der Waals surface area contributed by atoms with Crippen LogP contribution in [0.2, 0.25) is 0 Å². The van der Waals surface area contributed by atoms with Crippen molar-refractivity contribution >= 4 is 23.4 Å². The molecule has 1 saturated carbocycles. The van der Waals surface area contributed by atoms with E-state index in [9.17, 15) is 9.59 Å². The molecule has 1 aliphatic carbocycles. The number of piperazine rings is 1. The largest absolute Gasteiger partial charge is 0.453 e. The fraction of sp³-hybridized carbons (Fsp3) is 0.481. The van der Waals surface area contributed by atoms with Gasteiger partial charge in [0.2, 0.25) is 5.91 Å². The molecule has 1 heterocycles. The van der Waals surface area contributed by atoms with Gasteiger partial charge >= 0.3 is 6.09 Å². The lowest BCUT2D eigenvalue weighted by atomic mass is 10.0. The SMILES string of the molecule is COC(=O)Nc1cc(-c2cccc(CN(CCCN)C(=O)C3CC3)c2)ccc1N1CCN(C)CC1. The van der Waals surface area contributed by atoms with E-state index >= 15 is 0 Å². The third-order valence-electron chi connectivity index (χ3n) is 6.77. The molecular formula is C27H37N5O3. The summed E-state index contributed by atoms with van der Waals surface area (Å²) in [5.41, 5.74) is 10.6. The summed E-state index contributed by atoms with van der Waals surface area (Å²) in [7, 11) is 3.49. The fourth-order valence-electron chi connectivity index (χ4n) is 4.51. The third kappa shape index (κ3) is 6.52. The number of benzene rings is 2. The topological polar surface area (TPSA) is 91.1 Å². The minimum Gasteiger partial charge on any atom is -0.453 e. The molecule has 4 rings (SSSR count). The number of carbonyl (C=O) groups is 2. The Kier molecular flexibility index (Phi) is 8.25. The number of nitrogens with zero attached hydrogens (tertiary/aromatic N) is 3. The monoisotopic (exact) mass is 479 g/mol. The van der Waals surface area contributed by atoms with Crippen molar-refractivity contribution in [2.24, 2.45) is 11.7 Å². The lowest BCUT2D eigenvalue weighted by molar-refractivity contribution is -0.133. The summed E-state index contributed by atoms with van der Waals surface area (Å²) in [6, 6.07) is 14.4. The zero-order valence-electron chi connectivity index (χ0n) is 20.8. The van der Waals surface area contributed by atoms with Crippen LogP contribution < -0.4 is 16.0 Å². The van der Waals surface area contributed by atoms with Crippen molar-refractivity contribution in [1.29, 1.82) is 0 Å². The number of ether oxygens (including phenoxy) is 1. The molecule has 8 nitrogen and oxygen atoms in total. The zero-order valence-corrected chi connectivity index (χ0v) is 20.8. The van der Waals surface area contributed by atoms with E-state index in [1.165, 1.54) is 7.11 Å². The van der Waals surface area contributed by atoms with Crippen LogP contribution in [0.3, 0.4) is 0 Å². The van der Waals surface area contributed by atoms with Crippen LogP contribution in [0.15, 0.2) is 42.5 Å². The van der Waals surface area contributed by atoms with Crippen molar-refractivity contribution in [3.05, 3.63) is 48.0 Å². The quantitative estimate of drug-likeness (QED) is 0.573. The molecule has 1 saturated heterocycles. The first-order valence-electron chi connectivity index (χ1n) is 12.5. The molecule has 8 heteroatoms. The van der Waals surface area contributed by atoms with Crippen LogP contribution in [0, 0.1) is 5.92 Å². The summed E-state index contributed by atoms with van der Waals surface area (Å²) in [6.07, 6.45) is 2.30. The molecule has 1 aliphatic heterocycles. The summed E-state index contributed by atoms with van der Waals surface area (Å²) in [6.45, 7) is 5.58.